The molecule has 1 aromatic carbocycles. The predicted molar refractivity (Wildman–Crippen MR) is 69.4 cm³/mol. The molecule has 0 spiro atoms. The van der Waals surface area contributed by atoms with Crippen LogP contribution in [-0.4, -0.2) is 18.2 Å². The number of carbonyl (C=O) groups is 1. The Morgan fingerprint density at radius 1 is 1.41 bits per heavy atom. The van der Waals surface area contributed by atoms with Gasteiger partial charge in [-0.05, 0) is 44.9 Å². The average molecular weight is 256 g/mol. The molecule has 17 heavy (non-hydrogen) atoms. The minimum absolute atomic E-state index is 0.389. The van der Waals surface area contributed by atoms with Crippen LogP contribution in [0.2, 0.25) is 5.02 Å². The number of benzene rings is 1. The molecule has 0 fully saturated rings. The van der Waals surface area contributed by atoms with Gasteiger partial charge in [0.1, 0.15) is 5.60 Å². The van der Waals surface area contributed by atoms with Crippen LogP contribution in [0.1, 0.15) is 26.3 Å². The predicted octanol–water partition coefficient (Wildman–Crippen LogP) is 3.41. The van der Waals surface area contributed by atoms with Gasteiger partial charge in [-0.25, -0.2) is 4.79 Å². The van der Waals surface area contributed by atoms with E-state index in [9.17, 15) is 4.79 Å². The quantitative estimate of drug-likeness (QED) is 0.899. The normalized spacial score (nSPS) is 11.1. The summed E-state index contributed by atoms with van der Waals surface area (Å²) < 4.78 is 5.12. The zero-order valence-electron chi connectivity index (χ0n) is 10.4. The first-order valence-corrected chi connectivity index (χ1v) is 5.96. The maximum atomic E-state index is 11.4. The molecule has 94 valence electrons. The Kier molecular flexibility index (Phi) is 4.82. The molecule has 1 amide bonds. The maximum absolute atomic E-state index is 11.4. The molecule has 0 atom stereocenters. The molecule has 0 aromatic heterocycles. The van der Waals surface area contributed by atoms with Gasteiger partial charge in [-0.15, -0.1) is 0 Å². The lowest BCUT2D eigenvalue weighted by Crippen LogP contribution is -2.33. The number of carbonyl (C=O) groups excluding carboxylic acids is 1. The van der Waals surface area contributed by atoms with Crippen molar-refractivity contribution in [3.8, 4) is 0 Å². The molecule has 0 unspecified atom stereocenters. The van der Waals surface area contributed by atoms with Crippen molar-refractivity contribution >= 4 is 17.7 Å². The molecule has 0 aliphatic carbocycles. The molecule has 0 bridgehead atoms. The van der Waals surface area contributed by atoms with Gasteiger partial charge in [-0.2, -0.15) is 0 Å². The highest BCUT2D eigenvalue weighted by molar-refractivity contribution is 6.30. The number of ether oxygens (including phenoxy) is 1. The van der Waals surface area contributed by atoms with Crippen LogP contribution in [0, 0.1) is 0 Å². The van der Waals surface area contributed by atoms with Crippen molar-refractivity contribution in [2.24, 2.45) is 0 Å². The Bertz CT molecular complexity index is 385. The van der Waals surface area contributed by atoms with Crippen molar-refractivity contribution in [1.82, 2.24) is 5.32 Å². The van der Waals surface area contributed by atoms with Crippen molar-refractivity contribution in [2.45, 2.75) is 32.8 Å². The summed E-state index contributed by atoms with van der Waals surface area (Å²) in [6.07, 6.45) is 0.347. The Hall–Kier alpha value is -1.22. The summed E-state index contributed by atoms with van der Waals surface area (Å²) in [5.74, 6) is 0. The topological polar surface area (TPSA) is 38.3 Å². The largest absolute Gasteiger partial charge is 0.444 e. The van der Waals surface area contributed by atoms with E-state index < -0.39 is 5.60 Å². The van der Waals surface area contributed by atoms with Gasteiger partial charge in [0.05, 0.1) is 0 Å². The molecule has 1 N–H and O–H groups in total. The van der Waals surface area contributed by atoms with Gasteiger partial charge < -0.3 is 10.1 Å². The number of nitrogens with one attached hydrogen (secondary N) is 1. The van der Waals surface area contributed by atoms with E-state index in [4.69, 9.17) is 16.3 Å². The Balaban J connectivity index is 2.31. The lowest BCUT2D eigenvalue weighted by atomic mass is 10.1. The molecule has 0 aliphatic rings. The van der Waals surface area contributed by atoms with E-state index in [0.29, 0.717) is 11.6 Å². The SMILES string of the molecule is CC(C)(C)OC(=O)NCCc1cccc(Cl)c1. The molecule has 0 saturated heterocycles. The van der Waals surface area contributed by atoms with E-state index in [1.54, 1.807) is 0 Å². The number of rotatable bonds is 3. The fourth-order valence-corrected chi connectivity index (χ4v) is 1.53. The summed E-state index contributed by atoms with van der Waals surface area (Å²) in [7, 11) is 0. The zero-order chi connectivity index (χ0) is 12.9. The summed E-state index contributed by atoms with van der Waals surface area (Å²) in [5, 5.41) is 3.41. The third-order valence-electron chi connectivity index (χ3n) is 1.97. The molecular weight excluding hydrogens is 238 g/mol. The lowest BCUT2D eigenvalue weighted by Gasteiger charge is -2.19. The van der Waals surface area contributed by atoms with Crippen LogP contribution in [0.3, 0.4) is 0 Å². The average Bonchev–Trinajstić information content (AvgIpc) is 2.14. The van der Waals surface area contributed by atoms with Gasteiger partial charge in [0.25, 0.3) is 0 Å². The van der Waals surface area contributed by atoms with E-state index in [-0.39, 0.29) is 6.09 Å². The molecule has 1 aromatic rings. The van der Waals surface area contributed by atoms with Gasteiger partial charge >= 0.3 is 6.09 Å². The standard InChI is InChI=1S/C13H18ClNO2/c1-13(2,3)17-12(16)15-8-7-10-5-4-6-11(14)9-10/h4-6,9H,7-8H2,1-3H3,(H,15,16). The van der Waals surface area contributed by atoms with E-state index in [2.05, 4.69) is 5.32 Å². The molecular formula is C13H18ClNO2. The van der Waals surface area contributed by atoms with Crippen LogP contribution in [0.25, 0.3) is 0 Å². The molecule has 0 aliphatic heterocycles. The Morgan fingerprint density at radius 2 is 2.12 bits per heavy atom. The fourth-order valence-electron chi connectivity index (χ4n) is 1.32. The Morgan fingerprint density at radius 3 is 2.71 bits per heavy atom. The van der Waals surface area contributed by atoms with Crippen molar-refractivity contribution in [3.63, 3.8) is 0 Å². The molecule has 4 heteroatoms. The monoisotopic (exact) mass is 255 g/mol. The van der Waals surface area contributed by atoms with Crippen molar-refractivity contribution < 1.29 is 9.53 Å². The van der Waals surface area contributed by atoms with Gasteiger partial charge in [0.15, 0.2) is 0 Å². The summed E-state index contributed by atoms with van der Waals surface area (Å²) >= 11 is 5.86. The van der Waals surface area contributed by atoms with E-state index in [1.807, 2.05) is 45.0 Å². The summed E-state index contributed by atoms with van der Waals surface area (Å²) in [4.78, 5) is 11.4. The van der Waals surface area contributed by atoms with Crippen LogP contribution in [0.5, 0.6) is 0 Å². The number of amides is 1. The zero-order valence-corrected chi connectivity index (χ0v) is 11.2. The maximum Gasteiger partial charge on any atom is 0.407 e. The highest BCUT2D eigenvalue weighted by atomic mass is 35.5. The second-order valence-corrected chi connectivity index (χ2v) is 5.25. The van der Waals surface area contributed by atoms with Gasteiger partial charge in [-0.1, -0.05) is 23.7 Å². The van der Waals surface area contributed by atoms with Crippen molar-refractivity contribution in [1.29, 1.82) is 0 Å². The molecule has 3 nitrogen and oxygen atoms in total. The highest BCUT2D eigenvalue weighted by Crippen LogP contribution is 2.11. The molecule has 0 saturated carbocycles. The van der Waals surface area contributed by atoms with E-state index in [0.717, 1.165) is 12.0 Å². The first kappa shape index (κ1) is 13.8. The molecule has 0 radical (unpaired) electrons. The number of halogens is 1. The molecule has 0 heterocycles. The minimum Gasteiger partial charge on any atom is -0.444 e. The second-order valence-electron chi connectivity index (χ2n) is 4.81. The first-order chi connectivity index (χ1) is 7.87. The summed E-state index contributed by atoms with van der Waals surface area (Å²) in [6.45, 7) is 6.05. The van der Waals surface area contributed by atoms with Crippen LogP contribution >= 0.6 is 11.6 Å². The van der Waals surface area contributed by atoms with Crippen LogP contribution in [-0.2, 0) is 11.2 Å². The third kappa shape index (κ3) is 6.17. The Labute approximate surface area is 107 Å². The van der Waals surface area contributed by atoms with Crippen molar-refractivity contribution in [3.05, 3.63) is 34.9 Å². The first-order valence-electron chi connectivity index (χ1n) is 5.58. The minimum atomic E-state index is -0.458. The van der Waals surface area contributed by atoms with Crippen LogP contribution < -0.4 is 5.32 Å². The van der Waals surface area contributed by atoms with Gasteiger partial charge in [0.2, 0.25) is 0 Å². The lowest BCUT2D eigenvalue weighted by molar-refractivity contribution is 0.0528. The number of hydrogen-bond acceptors (Lipinski definition) is 2. The second kappa shape index (κ2) is 5.92. The van der Waals surface area contributed by atoms with Crippen LogP contribution in [0.15, 0.2) is 24.3 Å². The number of alkyl carbamates (subject to hydrolysis) is 1. The summed E-state index contributed by atoms with van der Waals surface area (Å²) in [5.41, 5.74) is 0.633. The smallest absolute Gasteiger partial charge is 0.407 e. The third-order valence-corrected chi connectivity index (χ3v) is 2.21. The van der Waals surface area contributed by atoms with E-state index in [1.165, 1.54) is 0 Å². The highest BCUT2D eigenvalue weighted by Gasteiger charge is 2.15. The molecule has 1 rings (SSSR count). The fraction of sp³-hybridized carbons (Fsp3) is 0.462. The van der Waals surface area contributed by atoms with Crippen LogP contribution in [0.4, 0.5) is 4.79 Å². The van der Waals surface area contributed by atoms with E-state index >= 15 is 0 Å². The van der Waals surface area contributed by atoms with Gasteiger partial charge in [0, 0.05) is 11.6 Å². The van der Waals surface area contributed by atoms with Crippen molar-refractivity contribution in [2.75, 3.05) is 6.54 Å². The van der Waals surface area contributed by atoms with Gasteiger partial charge in [-0.3, -0.25) is 0 Å². The summed E-state index contributed by atoms with van der Waals surface area (Å²) in [6, 6.07) is 7.58. The number of hydrogen-bond donors (Lipinski definition) is 1.